The Hall–Kier alpha value is -2.70. The Morgan fingerprint density at radius 3 is 2.30 bits per heavy atom. The van der Waals surface area contributed by atoms with Crippen molar-refractivity contribution in [2.45, 2.75) is 19.9 Å². The Kier molecular flexibility index (Phi) is 4.78. The van der Waals surface area contributed by atoms with Crippen molar-refractivity contribution >= 4 is 5.91 Å². The fourth-order valence-corrected chi connectivity index (χ4v) is 2.12. The van der Waals surface area contributed by atoms with Gasteiger partial charge in [-0.15, -0.1) is 0 Å². The predicted octanol–water partition coefficient (Wildman–Crippen LogP) is 0.789. The third-order valence-electron chi connectivity index (χ3n) is 3.50. The fraction of sp³-hybridized carbons (Fsp3) is 0.312. The summed E-state index contributed by atoms with van der Waals surface area (Å²) in [6.07, 6.45) is 1.82. The number of nitrogens with zero attached hydrogens (tertiary/aromatic N) is 3. The SMILES string of the molecule is CCc1cn(CC(=O)N(C)C)c(=O)n(-c2ccc(F)cc2)c1=O. The summed E-state index contributed by atoms with van der Waals surface area (Å²) in [6, 6.07) is 5.07. The van der Waals surface area contributed by atoms with Crippen LogP contribution in [-0.4, -0.2) is 34.0 Å². The maximum atomic E-state index is 13.1. The molecule has 0 aliphatic rings. The zero-order valence-electron chi connectivity index (χ0n) is 13.2. The van der Waals surface area contributed by atoms with Crippen LogP contribution in [0.2, 0.25) is 0 Å². The molecule has 122 valence electrons. The maximum absolute atomic E-state index is 13.1. The number of benzene rings is 1. The van der Waals surface area contributed by atoms with Gasteiger partial charge in [0.05, 0.1) is 5.69 Å². The third kappa shape index (κ3) is 3.39. The molecule has 6 nitrogen and oxygen atoms in total. The average Bonchev–Trinajstić information content (AvgIpc) is 2.51. The Labute approximate surface area is 132 Å². The van der Waals surface area contributed by atoms with E-state index in [1.54, 1.807) is 21.0 Å². The van der Waals surface area contributed by atoms with Crippen LogP contribution >= 0.6 is 0 Å². The van der Waals surface area contributed by atoms with Gasteiger partial charge in [0.15, 0.2) is 0 Å². The second kappa shape index (κ2) is 6.60. The van der Waals surface area contributed by atoms with E-state index in [2.05, 4.69) is 0 Å². The molecule has 0 saturated carbocycles. The van der Waals surface area contributed by atoms with Gasteiger partial charge >= 0.3 is 5.69 Å². The lowest BCUT2D eigenvalue weighted by molar-refractivity contribution is -0.129. The van der Waals surface area contributed by atoms with E-state index in [0.717, 1.165) is 4.57 Å². The number of hydrogen-bond donors (Lipinski definition) is 0. The molecule has 0 spiro atoms. The van der Waals surface area contributed by atoms with Crippen LogP contribution < -0.4 is 11.2 Å². The number of carbonyl (C=O) groups excluding carboxylic acids is 1. The van der Waals surface area contributed by atoms with Crippen molar-refractivity contribution in [1.82, 2.24) is 14.0 Å². The smallest absolute Gasteiger partial charge is 0.336 e. The molecular formula is C16H18FN3O3. The summed E-state index contributed by atoms with van der Waals surface area (Å²) in [5.41, 5.74) is -0.421. The minimum absolute atomic E-state index is 0.166. The highest BCUT2D eigenvalue weighted by molar-refractivity contribution is 5.75. The normalized spacial score (nSPS) is 10.6. The molecule has 23 heavy (non-hydrogen) atoms. The van der Waals surface area contributed by atoms with Gasteiger partial charge in [-0.1, -0.05) is 6.92 Å². The molecule has 0 atom stereocenters. The summed E-state index contributed by atoms with van der Waals surface area (Å²) >= 11 is 0. The second-order valence-electron chi connectivity index (χ2n) is 5.32. The van der Waals surface area contributed by atoms with Crippen LogP contribution in [0.15, 0.2) is 40.1 Å². The molecule has 1 heterocycles. The molecule has 2 rings (SSSR count). The van der Waals surface area contributed by atoms with Crippen molar-refractivity contribution in [3.8, 4) is 5.69 Å². The van der Waals surface area contributed by atoms with E-state index in [4.69, 9.17) is 0 Å². The Morgan fingerprint density at radius 1 is 1.17 bits per heavy atom. The number of halogens is 1. The minimum atomic E-state index is -0.631. The molecule has 0 bridgehead atoms. The quantitative estimate of drug-likeness (QED) is 0.837. The zero-order valence-corrected chi connectivity index (χ0v) is 13.2. The van der Waals surface area contributed by atoms with Gasteiger partial charge < -0.3 is 4.90 Å². The molecule has 7 heteroatoms. The van der Waals surface area contributed by atoms with E-state index >= 15 is 0 Å². The van der Waals surface area contributed by atoms with Crippen LogP contribution in [0.25, 0.3) is 5.69 Å². The molecular weight excluding hydrogens is 301 g/mol. The van der Waals surface area contributed by atoms with Crippen molar-refractivity contribution in [2.75, 3.05) is 14.1 Å². The van der Waals surface area contributed by atoms with Gasteiger partial charge in [-0.25, -0.2) is 13.8 Å². The lowest BCUT2D eigenvalue weighted by Crippen LogP contribution is -2.42. The van der Waals surface area contributed by atoms with Crippen LogP contribution in [0.3, 0.4) is 0 Å². The largest absolute Gasteiger partial charge is 0.347 e. The Balaban J connectivity index is 2.66. The zero-order chi connectivity index (χ0) is 17.1. The van der Waals surface area contributed by atoms with E-state index in [-0.39, 0.29) is 18.1 Å². The van der Waals surface area contributed by atoms with Gasteiger partial charge in [-0.05, 0) is 30.7 Å². The average molecular weight is 319 g/mol. The summed E-state index contributed by atoms with van der Waals surface area (Å²) in [4.78, 5) is 38.2. The third-order valence-corrected chi connectivity index (χ3v) is 3.50. The van der Waals surface area contributed by atoms with Crippen LogP contribution in [0.4, 0.5) is 4.39 Å². The molecule has 2 aromatic rings. The molecule has 1 aromatic heterocycles. The summed E-state index contributed by atoms with van der Waals surface area (Å²) in [5, 5.41) is 0. The lowest BCUT2D eigenvalue weighted by atomic mass is 10.2. The van der Waals surface area contributed by atoms with Gasteiger partial charge in [0.1, 0.15) is 12.4 Å². The number of aryl methyl sites for hydroxylation is 1. The Morgan fingerprint density at radius 2 is 1.78 bits per heavy atom. The molecule has 0 fully saturated rings. The van der Waals surface area contributed by atoms with Gasteiger partial charge in [0.25, 0.3) is 5.56 Å². The van der Waals surface area contributed by atoms with Crippen molar-refractivity contribution in [1.29, 1.82) is 0 Å². The summed E-state index contributed by atoms with van der Waals surface area (Å²) in [7, 11) is 3.17. The molecule has 0 N–H and O–H groups in total. The minimum Gasteiger partial charge on any atom is -0.347 e. The van der Waals surface area contributed by atoms with Crippen LogP contribution in [0, 0.1) is 5.82 Å². The van der Waals surface area contributed by atoms with Gasteiger partial charge in [0, 0.05) is 25.9 Å². The first kappa shape index (κ1) is 16.7. The topological polar surface area (TPSA) is 64.3 Å². The van der Waals surface area contributed by atoms with E-state index in [1.807, 2.05) is 0 Å². The predicted molar refractivity (Wildman–Crippen MR) is 84.3 cm³/mol. The van der Waals surface area contributed by atoms with Gasteiger partial charge in [-0.3, -0.25) is 14.2 Å². The van der Waals surface area contributed by atoms with Crippen molar-refractivity contribution in [3.63, 3.8) is 0 Å². The fourth-order valence-electron chi connectivity index (χ4n) is 2.12. The number of rotatable bonds is 4. The first-order valence-corrected chi connectivity index (χ1v) is 7.16. The maximum Gasteiger partial charge on any atom is 0.336 e. The highest BCUT2D eigenvalue weighted by Crippen LogP contribution is 2.05. The molecule has 0 unspecified atom stereocenters. The monoisotopic (exact) mass is 319 g/mol. The summed E-state index contributed by atoms with van der Waals surface area (Å²) in [5.74, 6) is -0.727. The Bertz CT molecular complexity index is 835. The van der Waals surface area contributed by atoms with E-state index < -0.39 is 17.1 Å². The highest BCUT2D eigenvalue weighted by atomic mass is 19.1. The molecule has 1 aromatic carbocycles. The van der Waals surface area contributed by atoms with Gasteiger partial charge in [-0.2, -0.15) is 0 Å². The number of hydrogen-bond acceptors (Lipinski definition) is 3. The number of amides is 1. The molecule has 0 radical (unpaired) electrons. The van der Waals surface area contributed by atoms with Gasteiger partial charge in [0.2, 0.25) is 5.91 Å². The van der Waals surface area contributed by atoms with E-state index in [1.165, 1.54) is 39.9 Å². The molecule has 1 amide bonds. The number of likely N-dealkylation sites (N-methyl/N-ethyl adjacent to an activating group) is 1. The first-order chi connectivity index (χ1) is 10.8. The highest BCUT2D eigenvalue weighted by Gasteiger charge is 2.15. The van der Waals surface area contributed by atoms with Crippen molar-refractivity contribution in [2.24, 2.45) is 0 Å². The van der Waals surface area contributed by atoms with Crippen LogP contribution in [-0.2, 0) is 17.8 Å². The van der Waals surface area contributed by atoms with Crippen LogP contribution in [0.1, 0.15) is 12.5 Å². The second-order valence-corrected chi connectivity index (χ2v) is 5.32. The summed E-state index contributed by atoms with van der Waals surface area (Å²) in [6.45, 7) is 1.62. The van der Waals surface area contributed by atoms with E-state index in [9.17, 15) is 18.8 Å². The number of aromatic nitrogens is 2. The van der Waals surface area contributed by atoms with E-state index in [0.29, 0.717) is 12.0 Å². The molecule has 0 aliphatic heterocycles. The van der Waals surface area contributed by atoms with Crippen LogP contribution in [0.5, 0.6) is 0 Å². The van der Waals surface area contributed by atoms with Crippen molar-refractivity contribution in [3.05, 3.63) is 62.7 Å². The molecule has 0 aliphatic carbocycles. The molecule has 0 saturated heterocycles. The summed E-state index contributed by atoms with van der Waals surface area (Å²) < 4.78 is 15.2. The lowest BCUT2D eigenvalue weighted by Gasteiger charge is -2.15. The first-order valence-electron chi connectivity index (χ1n) is 7.16. The van der Waals surface area contributed by atoms with Crippen molar-refractivity contribution < 1.29 is 9.18 Å². The standard InChI is InChI=1S/C16H18FN3O3/c1-4-11-9-19(10-14(21)18(2)3)16(23)20(15(11)22)13-7-5-12(17)6-8-13/h5-9H,4,10H2,1-3H3. The number of carbonyl (C=O) groups is 1.